The van der Waals surface area contributed by atoms with E-state index >= 15 is 0 Å². The fraction of sp³-hybridized carbons (Fsp3) is 0.647. The maximum Gasteiger partial charge on any atom is 0.162 e. The van der Waals surface area contributed by atoms with Crippen LogP contribution in [0.3, 0.4) is 0 Å². The van der Waals surface area contributed by atoms with Crippen molar-refractivity contribution in [3.05, 3.63) is 18.2 Å². The van der Waals surface area contributed by atoms with E-state index in [0.717, 1.165) is 37.6 Å². The first-order valence-electron chi connectivity index (χ1n) is 7.66. The Morgan fingerprint density at radius 1 is 1.14 bits per heavy atom. The van der Waals surface area contributed by atoms with Crippen molar-refractivity contribution in [1.82, 2.24) is 5.32 Å². The van der Waals surface area contributed by atoms with Gasteiger partial charge in [-0.3, -0.25) is 0 Å². The number of benzene rings is 1. The molecule has 0 saturated carbocycles. The van der Waals surface area contributed by atoms with E-state index in [9.17, 15) is 0 Å². The van der Waals surface area contributed by atoms with E-state index in [1.165, 1.54) is 5.69 Å². The van der Waals surface area contributed by atoms with Crippen LogP contribution in [0.25, 0.3) is 0 Å². The quantitative estimate of drug-likeness (QED) is 0.929. The zero-order valence-electron chi connectivity index (χ0n) is 13.9. The molecule has 1 aromatic carbocycles. The number of nitrogens with one attached hydrogen (secondary N) is 1. The normalized spacial score (nSPS) is 20.0. The van der Waals surface area contributed by atoms with E-state index in [1.54, 1.807) is 14.2 Å². The van der Waals surface area contributed by atoms with Gasteiger partial charge in [-0.25, -0.2) is 0 Å². The van der Waals surface area contributed by atoms with Crippen molar-refractivity contribution in [1.29, 1.82) is 0 Å². The van der Waals surface area contributed by atoms with E-state index in [2.05, 4.69) is 43.1 Å². The van der Waals surface area contributed by atoms with E-state index in [1.807, 2.05) is 6.07 Å². The van der Waals surface area contributed by atoms with Gasteiger partial charge in [0.05, 0.1) is 14.2 Å². The van der Waals surface area contributed by atoms with Gasteiger partial charge in [-0.1, -0.05) is 20.8 Å². The van der Waals surface area contributed by atoms with E-state index in [4.69, 9.17) is 9.47 Å². The van der Waals surface area contributed by atoms with Crippen LogP contribution in [0.5, 0.6) is 11.5 Å². The largest absolute Gasteiger partial charge is 0.493 e. The number of nitrogens with zero attached hydrogens (tertiary/aromatic N) is 1. The highest BCUT2D eigenvalue weighted by Gasteiger charge is 2.28. The molecule has 1 heterocycles. The van der Waals surface area contributed by atoms with Crippen LogP contribution in [0.4, 0.5) is 5.69 Å². The van der Waals surface area contributed by atoms with Gasteiger partial charge in [0.15, 0.2) is 11.5 Å². The molecule has 0 bridgehead atoms. The van der Waals surface area contributed by atoms with Gasteiger partial charge in [-0.15, -0.1) is 0 Å². The number of methoxy groups -OCH3 is 2. The molecule has 1 N–H and O–H groups in total. The summed E-state index contributed by atoms with van der Waals surface area (Å²) in [4.78, 5) is 2.44. The third-order valence-corrected chi connectivity index (χ3v) is 4.18. The summed E-state index contributed by atoms with van der Waals surface area (Å²) in [5.41, 5.74) is 1.45. The summed E-state index contributed by atoms with van der Waals surface area (Å²) in [6, 6.07) is 6.66. The maximum absolute atomic E-state index is 5.43. The van der Waals surface area contributed by atoms with Crippen LogP contribution in [0, 0.1) is 5.41 Å². The Morgan fingerprint density at radius 2 is 1.86 bits per heavy atom. The van der Waals surface area contributed by atoms with Gasteiger partial charge in [-0.2, -0.15) is 0 Å². The fourth-order valence-electron chi connectivity index (χ4n) is 2.76. The molecule has 1 aliphatic heterocycles. The first-order chi connectivity index (χ1) is 9.95. The summed E-state index contributed by atoms with van der Waals surface area (Å²) in [5, 5.41) is 3.67. The van der Waals surface area contributed by atoms with Crippen molar-refractivity contribution in [2.24, 2.45) is 5.41 Å². The molecule has 1 atom stereocenters. The van der Waals surface area contributed by atoms with Gasteiger partial charge < -0.3 is 19.7 Å². The van der Waals surface area contributed by atoms with Crippen LogP contribution >= 0.6 is 0 Å². The van der Waals surface area contributed by atoms with Crippen molar-refractivity contribution < 1.29 is 9.47 Å². The molecular weight excluding hydrogens is 264 g/mol. The molecule has 1 aromatic rings. The summed E-state index contributed by atoms with van der Waals surface area (Å²) in [6.45, 7) is 10.0. The number of rotatable bonds is 3. The van der Waals surface area contributed by atoms with Crippen LogP contribution in [0.2, 0.25) is 0 Å². The van der Waals surface area contributed by atoms with Crippen molar-refractivity contribution in [2.45, 2.75) is 33.2 Å². The zero-order chi connectivity index (χ0) is 15.5. The Labute approximate surface area is 128 Å². The molecule has 21 heavy (non-hydrogen) atoms. The second-order valence-electron chi connectivity index (χ2n) is 6.71. The summed E-state index contributed by atoms with van der Waals surface area (Å²) < 4.78 is 10.7. The minimum atomic E-state index is 0.249. The lowest BCUT2D eigenvalue weighted by atomic mass is 9.86. The van der Waals surface area contributed by atoms with E-state index in [-0.39, 0.29) is 5.41 Å². The van der Waals surface area contributed by atoms with Crippen LogP contribution in [0.15, 0.2) is 18.2 Å². The van der Waals surface area contributed by atoms with E-state index in [0.29, 0.717) is 6.04 Å². The highest BCUT2D eigenvalue weighted by molar-refractivity contribution is 5.56. The Hall–Kier alpha value is -1.42. The number of hydrogen-bond acceptors (Lipinski definition) is 4. The number of anilines is 1. The Bertz CT molecular complexity index is 468. The monoisotopic (exact) mass is 292 g/mol. The second kappa shape index (κ2) is 6.56. The Morgan fingerprint density at radius 3 is 2.48 bits per heavy atom. The lowest BCUT2D eigenvalue weighted by Gasteiger charge is -2.34. The summed E-state index contributed by atoms with van der Waals surface area (Å²) >= 11 is 0. The number of hydrogen-bond donors (Lipinski definition) is 1. The lowest BCUT2D eigenvalue weighted by molar-refractivity contribution is 0.280. The predicted octanol–water partition coefficient (Wildman–Crippen LogP) is 2.92. The van der Waals surface area contributed by atoms with Crippen molar-refractivity contribution >= 4 is 5.69 Å². The molecule has 1 unspecified atom stereocenters. The topological polar surface area (TPSA) is 33.7 Å². The first-order valence-corrected chi connectivity index (χ1v) is 7.66. The molecule has 4 nitrogen and oxygen atoms in total. The first kappa shape index (κ1) is 16.0. The standard InChI is InChI=1S/C17H28N2O2/c1-17(2,3)16-12-19(10-6-9-18-16)13-7-8-14(20-4)15(11-13)21-5/h7-8,11,16,18H,6,9-10,12H2,1-5H3. The Kier molecular flexibility index (Phi) is 4.99. The molecule has 1 fully saturated rings. The number of ether oxygens (including phenoxy) is 2. The molecule has 0 aromatic heterocycles. The summed E-state index contributed by atoms with van der Waals surface area (Å²) in [6.07, 6.45) is 1.15. The van der Waals surface area contributed by atoms with Gasteiger partial charge in [-0.05, 0) is 30.5 Å². The molecule has 1 aliphatic rings. The zero-order valence-corrected chi connectivity index (χ0v) is 13.9. The average Bonchev–Trinajstić information content (AvgIpc) is 2.72. The molecule has 4 heteroatoms. The molecule has 0 spiro atoms. The minimum Gasteiger partial charge on any atom is -0.493 e. The third-order valence-electron chi connectivity index (χ3n) is 4.18. The van der Waals surface area contributed by atoms with Gasteiger partial charge in [0.2, 0.25) is 0 Å². The summed E-state index contributed by atoms with van der Waals surface area (Å²) in [5.74, 6) is 1.57. The van der Waals surface area contributed by atoms with Gasteiger partial charge >= 0.3 is 0 Å². The molecule has 1 saturated heterocycles. The molecular formula is C17H28N2O2. The second-order valence-corrected chi connectivity index (χ2v) is 6.71. The van der Waals surface area contributed by atoms with Crippen LogP contribution in [-0.2, 0) is 0 Å². The minimum absolute atomic E-state index is 0.249. The van der Waals surface area contributed by atoms with Gasteiger partial charge in [0.25, 0.3) is 0 Å². The van der Waals surface area contributed by atoms with Gasteiger partial charge in [0.1, 0.15) is 0 Å². The van der Waals surface area contributed by atoms with Crippen LogP contribution in [-0.4, -0.2) is 39.9 Å². The third kappa shape index (κ3) is 3.82. The molecule has 2 rings (SSSR count). The van der Waals surface area contributed by atoms with E-state index < -0.39 is 0 Å². The predicted molar refractivity (Wildman–Crippen MR) is 87.6 cm³/mol. The average molecular weight is 292 g/mol. The highest BCUT2D eigenvalue weighted by atomic mass is 16.5. The Balaban J connectivity index is 2.23. The molecule has 0 radical (unpaired) electrons. The SMILES string of the molecule is COc1ccc(N2CCCNC(C(C)(C)C)C2)cc1OC. The fourth-order valence-corrected chi connectivity index (χ4v) is 2.76. The van der Waals surface area contributed by atoms with Crippen LogP contribution < -0.4 is 19.7 Å². The maximum atomic E-state index is 5.43. The molecule has 118 valence electrons. The molecule has 0 amide bonds. The summed E-state index contributed by atoms with van der Waals surface area (Å²) in [7, 11) is 3.35. The van der Waals surface area contributed by atoms with Crippen LogP contribution in [0.1, 0.15) is 27.2 Å². The highest BCUT2D eigenvalue weighted by Crippen LogP contribution is 2.32. The van der Waals surface area contributed by atoms with Gasteiger partial charge in [0, 0.05) is 30.9 Å². The molecule has 0 aliphatic carbocycles. The van der Waals surface area contributed by atoms with Crippen molar-refractivity contribution in [3.8, 4) is 11.5 Å². The van der Waals surface area contributed by atoms with Crippen molar-refractivity contribution in [2.75, 3.05) is 38.8 Å². The lowest BCUT2D eigenvalue weighted by Crippen LogP contribution is -2.46. The van der Waals surface area contributed by atoms with Crippen molar-refractivity contribution in [3.63, 3.8) is 0 Å². The smallest absolute Gasteiger partial charge is 0.162 e.